The molecule has 1 aromatic heterocycles. The lowest BCUT2D eigenvalue weighted by molar-refractivity contribution is -0.659. The third-order valence-electron chi connectivity index (χ3n) is 3.15. The summed E-state index contributed by atoms with van der Waals surface area (Å²) in [6.45, 7) is 2.25. The summed E-state index contributed by atoms with van der Waals surface area (Å²) in [4.78, 5) is 0. The number of nitrogens with zero attached hydrogens (tertiary/aromatic N) is 2. The number of nitrogens with one attached hydrogen (secondary N) is 1. The highest BCUT2D eigenvalue weighted by atomic mass is 15.4. The van der Waals surface area contributed by atoms with E-state index in [0.717, 1.165) is 17.8 Å². The first kappa shape index (κ1) is 12.8. The van der Waals surface area contributed by atoms with E-state index in [1.165, 1.54) is 32.1 Å². The third kappa shape index (κ3) is 3.69. The molecule has 0 aliphatic carbocycles. The Balaban J connectivity index is 1.83. The van der Waals surface area contributed by atoms with Crippen LogP contribution in [0.1, 0.15) is 44.7 Å². The fraction of sp³-hybridized carbons (Fsp3) is 0.467. The largest absolute Gasteiger partial charge is 0.218 e. The summed E-state index contributed by atoms with van der Waals surface area (Å²) in [6, 6.07) is 10.2. The molecule has 0 aliphatic rings. The van der Waals surface area contributed by atoms with Crippen molar-refractivity contribution in [3.8, 4) is 5.69 Å². The van der Waals surface area contributed by atoms with E-state index in [-0.39, 0.29) is 0 Å². The van der Waals surface area contributed by atoms with Crippen LogP contribution in [0, 0.1) is 0 Å². The van der Waals surface area contributed by atoms with Crippen LogP contribution in [0.4, 0.5) is 0 Å². The van der Waals surface area contributed by atoms with Gasteiger partial charge in [0.1, 0.15) is 0 Å². The van der Waals surface area contributed by atoms with Crippen LogP contribution in [0.25, 0.3) is 5.69 Å². The third-order valence-corrected chi connectivity index (χ3v) is 3.15. The molecule has 0 unspecified atom stereocenters. The van der Waals surface area contributed by atoms with Crippen LogP contribution in [0.3, 0.4) is 0 Å². The number of hydrogen-bond donors (Lipinski definition) is 1. The van der Waals surface area contributed by atoms with E-state index in [1.54, 1.807) is 0 Å². The average Bonchev–Trinajstić information content (AvgIpc) is 2.88. The highest BCUT2D eigenvalue weighted by Crippen LogP contribution is 2.06. The van der Waals surface area contributed by atoms with Gasteiger partial charge in [-0.15, -0.1) is 4.68 Å². The second-order valence-electron chi connectivity index (χ2n) is 4.70. The van der Waals surface area contributed by atoms with Gasteiger partial charge in [0.05, 0.1) is 0 Å². The Bertz CT molecular complexity index is 448. The molecule has 1 N–H and O–H groups in total. The minimum atomic E-state index is 1.07. The SMILES string of the molecule is CCCCCCCc1c[n+](-c2ccccc2)[nH]n1. The van der Waals surface area contributed by atoms with Gasteiger partial charge in [-0.05, 0) is 18.6 Å². The van der Waals surface area contributed by atoms with E-state index in [9.17, 15) is 0 Å². The molecule has 18 heavy (non-hydrogen) atoms. The van der Waals surface area contributed by atoms with Crippen molar-refractivity contribution in [3.05, 3.63) is 42.2 Å². The lowest BCUT2D eigenvalue weighted by Crippen LogP contribution is -2.31. The van der Waals surface area contributed by atoms with Crippen molar-refractivity contribution in [2.75, 3.05) is 0 Å². The molecule has 0 spiro atoms. The van der Waals surface area contributed by atoms with Gasteiger partial charge in [-0.1, -0.05) is 56.0 Å². The fourth-order valence-electron chi connectivity index (χ4n) is 2.08. The van der Waals surface area contributed by atoms with Crippen LogP contribution < -0.4 is 4.68 Å². The quantitative estimate of drug-likeness (QED) is 0.589. The monoisotopic (exact) mass is 244 g/mol. The summed E-state index contributed by atoms with van der Waals surface area (Å²) in [5, 5.41) is 7.39. The van der Waals surface area contributed by atoms with E-state index in [2.05, 4.69) is 35.6 Å². The molecule has 0 amide bonds. The Morgan fingerprint density at radius 2 is 1.83 bits per heavy atom. The molecular formula is C15H22N3+. The Hall–Kier alpha value is -1.64. The van der Waals surface area contributed by atoms with Crippen molar-refractivity contribution in [2.45, 2.75) is 45.4 Å². The van der Waals surface area contributed by atoms with Crippen LogP contribution in [0.15, 0.2) is 36.5 Å². The number of benzene rings is 1. The number of rotatable bonds is 7. The molecule has 0 aliphatic heterocycles. The molecule has 0 saturated carbocycles. The number of aromatic amines is 1. The lowest BCUT2D eigenvalue weighted by atomic mass is 10.1. The van der Waals surface area contributed by atoms with Gasteiger partial charge in [-0.3, -0.25) is 0 Å². The van der Waals surface area contributed by atoms with E-state index < -0.39 is 0 Å². The average molecular weight is 244 g/mol. The lowest BCUT2D eigenvalue weighted by Gasteiger charge is -1.95. The minimum Gasteiger partial charge on any atom is -0.128 e. The molecular weight excluding hydrogens is 222 g/mol. The smallest absolute Gasteiger partial charge is 0.128 e. The molecule has 3 heteroatoms. The van der Waals surface area contributed by atoms with Gasteiger partial charge < -0.3 is 0 Å². The first-order valence-corrected chi connectivity index (χ1v) is 6.91. The second kappa shape index (κ2) is 6.94. The van der Waals surface area contributed by atoms with Crippen molar-refractivity contribution >= 4 is 0 Å². The Morgan fingerprint density at radius 3 is 2.61 bits per heavy atom. The molecule has 1 aromatic carbocycles. The number of aromatic nitrogens is 3. The van der Waals surface area contributed by atoms with Gasteiger partial charge in [-0.25, -0.2) is 0 Å². The molecule has 3 nitrogen and oxygen atoms in total. The number of para-hydroxylation sites is 1. The number of hydrogen-bond acceptors (Lipinski definition) is 1. The molecule has 0 fully saturated rings. The van der Waals surface area contributed by atoms with Crippen LogP contribution in [-0.2, 0) is 6.42 Å². The Kier molecular flexibility index (Phi) is 4.94. The van der Waals surface area contributed by atoms with Gasteiger partial charge in [0.25, 0.3) is 0 Å². The van der Waals surface area contributed by atoms with Gasteiger partial charge in [0, 0.05) is 11.5 Å². The zero-order valence-electron chi connectivity index (χ0n) is 11.1. The van der Waals surface area contributed by atoms with E-state index in [1.807, 2.05) is 22.9 Å². The molecule has 0 radical (unpaired) electrons. The van der Waals surface area contributed by atoms with E-state index in [4.69, 9.17) is 0 Å². The van der Waals surface area contributed by atoms with Crippen molar-refractivity contribution < 1.29 is 4.68 Å². The van der Waals surface area contributed by atoms with Crippen LogP contribution in [-0.4, -0.2) is 10.3 Å². The first-order chi connectivity index (χ1) is 8.90. The summed E-state index contributed by atoms with van der Waals surface area (Å²) in [6.07, 6.45) is 9.71. The predicted octanol–water partition coefficient (Wildman–Crippen LogP) is 3.20. The van der Waals surface area contributed by atoms with E-state index >= 15 is 0 Å². The van der Waals surface area contributed by atoms with Gasteiger partial charge >= 0.3 is 0 Å². The van der Waals surface area contributed by atoms with Gasteiger partial charge in [-0.2, -0.15) is 0 Å². The zero-order chi connectivity index (χ0) is 12.6. The molecule has 96 valence electrons. The topological polar surface area (TPSA) is 32.6 Å². The van der Waals surface area contributed by atoms with E-state index in [0.29, 0.717) is 0 Å². The zero-order valence-corrected chi connectivity index (χ0v) is 11.1. The highest BCUT2D eigenvalue weighted by Gasteiger charge is 2.09. The van der Waals surface area contributed by atoms with Crippen molar-refractivity contribution in [3.63, 3.8) is 0 Å². The second-order valence-corrected chi connectivity index (χ2v) is 4.70. The minimum absolute atomic E-state index is 1.07. The number of unbranched alkanes of at least 4 members (excludes halogenated alkanes) is 4. The molecule has 2 aromatic rings. The Labute approximate surface area is 109 Å². The standard InChI is InChI=1S/C15H21N3/c1-2-3-4-5-7-10-14-13-18(17-16-14)15-11-8-6-9-12-15/h6,8-9,11-13H,2-5,7,10H2,1H3/p+1. The highest BCUT2D eigenvalue weighted by molar-refractivity contribution is 5.20. The summed E-state index contributed by atoms with van der Waals surface area (Å²) >= 11 is 0. The molecule has 1 heterocycles. The van der Waals surface area contributed by atoms with Gasteiger partial charge in [0.2, 0.25) is 5.69 Å². The summed E-state index contributed by atoms with van der Waals surface area (Å²) < 4.78 is 1.97. The van der Waals surface area contributed by atoms with Crippen LogP contribution >= 0.6 is 0 Å². The summed E-state index contributed by atoms with van der Waals surface area (Å²) in [5.74, 6) is 0. The van der Waals surface area contributed by atoms with Crippen molar-refractivity contribution in [1.29, 1.82) is 0 Å². The first-order valence-electron chi connectivity index (χ1n) is 6.91. The number of H-pyrrole nitrogens is 1. The summed E-state index contributed by atoms with van der Waals surface area (Å²) in [7, 11) is 0. The number of aryl methyl sites for hydroxylation is 1. The molecule has 0 bridgehead atoms. The normalized spacial score (nSPS) is 10.7. The molecule has 0 saturated heterocycles. The summed E-state index contributed by atoms with van der Waals surface area (Å²) in [5.41, 5.74) is 2.28. The van der Waals surface area contributed by atoms with Crippen LogP contribution in [0.5, 0.6) is 0 Å². The van der Waals surface area contributed by atoms with Crippen molar-refractivity contribution in [2.24, 2.45) is 0 Å². The maximum Gasteiger partial charge on any atom is 0.218 e. The maximum absolute atomic E-state index is 4.35. The fourth-order valence-corrected chi connectivity index (χ4v) is 2.08. The molecule has 0 atom stereocenters. The van der Waals surface area contributed by atoms with Crippen LogP contribution in [0.2, 0.25) is 0 Å². The van der Waals surface area contributed by atoms with Crippen molar-refractivity contribution in [1.82, 2.24) is 10.3 Å². The predicted molar refractivity (Wildman–Crippen MR) is 72.6 cm³/mol. The van der Waals surface area contributed by atoms with Gasteiger partial charge in [0.15, 0.2) is 11.9 Å². The molecule has 2 rings (SSSR count). The Morgan fingerprint density at radius 1 is 1.06 bits per heavy atom. The maximum atomic E-state index is 4.35.